The van der Waals surface area contributed by atoms with Gasteiger partial charge in [0.25, 0.3) is 5.91 Å². The van der Waals surface area contributed by atoms with Crippen molar-refractivity contribution in [2.45, 2.75) is 13.3 Å². The summed E-state index contributed by atoms with van der Waals surface area (Å²) in [6.45, 7) is 9.52. The lowest BCUT2D eigenvalue weighted by molar-refractivity contribution is -0.125. The Labute approximate surface area is 77.8 Å². The molecule has 0 saturated carbocycles. The molecular formula is C10H13NO2. The van der Waals surface area contributed by atoms with Crippen molar-refractivity contribution in [1.82, 2.24) is 5.32 Å². The molecule has 1 aliphatic heterocycles. The molecule has 3 nitrogen and oxygen atoms in total. The molecule has 1 N–H and O–H groups in total. The first-order chi connectivity index (χ1) is 6.13. The minimum Gasteiger partial charge on any atom is -0.482 e. The third-order valence-electron chi connectivity index (χ3n) is 1.75. The highest BCUT2D eigenvalue weighted by Gasteiger charge is 2.16. The van der Waals surface area contributed by atoms with Crippen molar-refractivity contribution in [3.63, 3.8) is 0 Å². The molecule has 0 radical (unpaired) electrons. The molecule has 0 atom stereocenters. The standard InChI is InChI=1S/C10H13NO2/c1-4-7(2)5-9-8(3)13-6-10(12)11-9/h5H,2-4,6H2,1H3,(H,11,12)/b9-5+. The molecule has 1 saturated heterocycles. The number of ether oxygens (including phenoxy) is 1. The average molecular weight is 179 g/mol. The highest BCUT2D eigenvalue weighted by atomic mass is 16.5. The van der Waals surface area contributed by atoms with E-state index in [-0.39, 0.29) is 12.5 Å². The van der Waals surface area contributed by atoms with Gasteiger partial charge in [0.1, 0.15) is 5.76 Å². The first-order valence-electron chi connectivity index (χ1n) is 4.15. The number of carbonyl (C=O) groups excluding carboxylic acids is 1. The van der Waals surface area contributed by atoms with E-state index >= 15 is 0 Å². The number of hydrogen-bond acceptors (Lipinski definition) is 2. The molecule has 1 amide bonds. The fraction of sp³-hybridized carbons (Fsp3) is 0.300. The van der Waals surface area contributed by atoms with Gasteiger partial charge in [0.15, 0.2) is 6.61 Å². The van der Waals surface area contributed by atoms with Crippen molar-refractivity contribution in [2.24, 2.45) is 0 Å². The Hall–Kier alpha value is -1.51. The molecular weight excluding hydrogens is 166 g/mol. The van der Waals surface area contributed by atoms with Crippen LogP contribution in [-0.2, 0) is 9.53 Å². The van der Waals surface area contributed by atoms with Crippen LogP contribution in [0.5, 0.6) is 0 Å². The van der Waals surface area contributed by atoms with Crippen molar-refractivity contribution < 1.29 is 9.53 Å². The summed E-state index contributed by atoms with van der Waals surface area (Å²) in [4.78, 5) is 10.9. The monoisotopic (exact) mass is 179 g/mol. The summed E-state index contributed by atoms with van der Waals surface area (Å²) < 4.78 is 5.03. The van der Waals surface area contributed by atoms with Gasteiger partial charge in [0, 0.05) is 0 Å². The van der Waals surface area contributed by atoms with Gasteiger partial charge in [-0.05, 0) is 12.5 Å². The van der Waals surface area contributed by atoms with E-state index in [9.17, 15) is 4.79 Å². The molecule has 13 heavy (non-hydrogen) atoms. The molecule has 1 fully saturated rings. The van der Waals surface area contributed by atoms with Crippen LogP contribution in [0.25, 0.3) is 0 Å². The Morgan fingerprint density at radius 2 is 2.46 bits per heavy atom. The van der Waals surface area contributed by atoms with Gasteiger partial charge in [-0.25, -0.2) is 0 Å². The highest BCUT2D eigenvalue weighted by molar-refractivity contribution is 5.81. The lowest BCUT2D eigenvalue weighted by Gasteiger charge is -2.19. The Bertz CT molecular complexity index is 289. The van der Waals surface area contributed by atoms with Crippen LogP contribution in [0.2, 0.25) is 0 Å². The van der Waals surface area contributed by atoms with Crippen molar-refractivity contribution in [3.05, 3.63) is 36.3 Å². The summed E-state index contributed by atoms with van der Waals surface area (Å²) in [5.41, 5.74) is 1.55. The van der Waals surface area contributed by atoms with E-state index in [1.54, 1.807) is 6.08 Å². The van der Waals surface area contributed by atoms with Crippen LogP contribution in [0.1, 0.15) is 13.3 Å². The number of allylic oxidation sites excluding steroid dienone is 2. The molecule has 0 unspecified atom stereocenters. The van der Waals surface area contributed by atoms with Crippen LogP contribution in [0.4, 0.5) is 0 Å². The number of carbonyl (C=O) groups is 1. The minimum absolute atomic E-state index is 0.0504. The quantitative estimate of drug-likeness (QED) is 0.697. The summed E-state index contributed by atoms with van der Waals surface area (Å²) in [5, 5.41) is 2.67. The maximum atomic E-state index is 10.9. The van der Waals surface area contributed by atoms with Crippen LogP contribution >= 0.6 is 0 Å². The Morgan fingerprint density at radius 3 is 3.08 bits per heavy atom. The van der Waals surface area contributed by atoms with E-state index in [0.29, 0.717) is 11.5 Å². The maximum Gasteiger partial charge on any atom is 0.262 e. The fourth-order valence-corrected chi connectivity index (χ4v) is 0.909. The molecule has 3 heteroatoms. The first kappa shape index (κ1) is 9.58. The largest absolute Gasteiger partial charge is 0.482 e. The van der Waals surface area contributed by atoms with E-state index in [0.717, 1.165) is 12.0 Å². The van der Waals surface area contributed by atoms with Gasteiger partial charge in [-0.3, -0.25) is 4.79 Å². The Balaban J connectivity index is 2.76. The first-order valence-corrected chi connectivity index (χ1v) is 4.15. The zero-order valence-corrected chi connectivity index (χ0v) is 7.72. The molecule has 0 aromatic rings. The van der Waals surface area contributed by atoms with Gasteiger partial charge in [0.2, 0.25) is 0 Å². The van der Waals surface area contributed by atoms with Gasteiger partial charge in [0.05, 0.1) is 5.70 Å². The minimum atomic E-state index is -0.150. The zero-order valence-electron chi connectivity index (χ0n) is 7.72. The van der Waals surface area contributed by atoms with E-state index < -0.39 is 0 Å². The van der Waals surface area contributed by atoms with Crippen molar-refractivity contribution >= 4 is 5.91 Å². The van der Waals surface area contributed by atoms with Gasteiger partial charge >= 0.3 is 0 Å². The number of nitrogens with one attached hydrogen (secondary N) is 1. The lowest BCUT2D eigenvalue weighted by atomic mass is 10.2. The van der Waals surface area contributed by atoms with Gasteiger partial charge in [-0.2, -0.15) is 0 Å². The fourth-order valence-electron chi connectivity index (χ4n) is 0.909. The number of rotatable bonds is 2. The zero-order chi connectivity index (χ0) is 9.84. The normalized spacial score (nSPS) is 19.6. The van der Waals surface area contributed by atoms with Crippen LogP contribution in [0.3, 0.4) is 0 Å². The molecule has 0 spiro atoms. The summed E-state index contributed by atoms with van der Waals surface area (Å²) >= 11 is 0. The Morgan fingerprint density at radius 1 is 1.77 bits per heavy atom. The summed E-state index contributed by atoms with van der Waals surface area (Å²) in [5.74, 6) is 0.344. The molecule has 1 heterocycles. The van der Waals surface area contributed by atoms with Gasteiger partial charge in [-0.1, -0.05) is 25.7 Å². The van der Waals surface area contributed by atoms with Crippen LogP contribution < -0.4 is 5.32 Å². The Kier molecular flexibility index (Phi) is 2.90. The van der Waals surface area contributed by atoms with E-state index in [1.165, 1.54) is 0 Å². The van der Waals surface area contributed by atoms with Gasteiger partial charge in [-0.15, -0.1) is 0 Å². The van der Waals surface area contributed by atoms with Crippen LogP contribution in [0.15, 0.2) is 36.3 Å². The number of hydrogen-bond donors (Lipinski definition) is 1. The highest BCUT2D eigenvalue weighted by Crippen LogP contribution is 2.13. The predicted octanol–water partition coefficient (Wildman–Crippen LogP) is 1.50. The van der Waals surface area contributed by atoms with Gasteiger partial charge < -0.3 is 10.1 Å². The maximum absolute atomic E-state index is 10.9. The van der Waals surface area contributed by atoms with E-state index in [4.69, 9.17) is 4.74 Å². The third kappa shape index (κ3) is 2.47. The SMILES string of the molecule is C=C(/C=C1/NC(=O)COC1=C)CC. The second kappa shape index (κ2) is 3.94. The third-order valence-corrected chi connectivity index (χ3v) is 1.75. The number of amides is 1. The molecule has 1 rings (SSSR count). The predicted molar refractivity (Wildman–Crippen MR) is 50.7 cm³/mol. The molecule has 0 aliphatic carbocycles. The van der Waals surface area contributed by atoms with E-state index in [1.807, 2.05) is 6.92 Å². The smallest absolute Gasteiger partial charge is 0.262 e. The molecule has 0 aromatic heterocycles. The molecule has 1 aliphatic rings. The average Bonchev–Trinajstić information content (AvgIpc) is 2.11. The topological polar surface area (TPSA) is 38.3 Å². The molecule has 70 valence electrons. The summed E-state index contributed by atoms with van der Waals surface area (Å²) in [7, 11) is 0. The lowest BCUT2D eigenvalue weighted by Crippen LogP contribution is -2.33. The van der Waals surface area contributed by atoms with Crippen molar-refractivity contribution in [2.75, 3.05) is 6.61 Å². The summed E-state index contributed by atoms with van der Waals surface area (Å²) in [6, 6.07) is 0. The van der Waals surface area contributed by atoms with Crippen LogP contribution in [-0.4, -0.2) is 12.5 Å². The van der Waals surface area contributed by atoms with Crippen LogP contribution in [0, 0.1) is 0 Å². The van der Waals surface area contributed by atoms with Crippen molar-refractivity contribution in [3.8, 4) is 0 Å². The second-order valence-corrected chi connectivity index (χ2v) is 2.83. The van der Waals surface area contributed by atoms with Crippen molar-refractivity contribution in [1.29, 1.82) is 0 Å². The molecule has 0 bridgehead atoms. The number of morpholine rings is 1. The summed E-state index contributed by atoms with van der Waals surface area (Å²) in [6.07, 6.45) is 2.62. The second-order valence-electron chi connectivity index (χ2n) is 2.83. The van der Waals surface area contributed by atoms with E-state index in [2.05, 4.69) is 18.5 Å². The molecule has 0 aromatic carbocycles.